The van der Waals surface area contributed by atoms with Crippen molar-refractivity contribution in [1.82, 2.24) is 10.2 Å². The number of nitrogens with zero attached hydrogens (tertiary/aromatic N) is 1. The molecule has 1 unspecified atom stereocenters. The van der Waals surface area contributed by atoms with Crippen LogP contribution in [-0.2, 0) is 6.54 Å². The number of benzene rings is 1. The Morgan fingerprint density at radius 1 is 1.25 bits per heavy atom. The van der Waals surface area contributed by atoms with E-state index in [-0.39, 0.29) is 0 Å². The first-order valence-electron chi connectivity index (χ1n) is 6.26. The summed E-state index contributed by atoms with van der Waals surface area (Å²) in [5.74, 6) is 0. The summed E-state index contributed by atoms with van der Waals surface area (Å²) < 4.78 is 0. The van der Waals surface area contributed by atoms with Crippen LogP contribution in [0.1, 0.15) is 24.5 Å². The molecule has 16 heavy (non-hydrogen) atoms. The van der Waals surface area contributed by atoms with Crippen LogP contribution in [0.15, 0.2) is 24.3 Å². The molecule has 2 nitrogen and oxygen atoms in total. The Hall–Kier alpha value is -0.860. The smallest absolute Gasteiger partial charge is 0.0237 e. The standard InChI is InChI=1S/C14H22N2/c1-12-3-5-14(6-4-12)11-16-10-9-15-8-7-13(16)2/h3-6,13,15H,7-11H2,1-2H3. The van der Waals surface area contributed by atoms with Crippen molar-refractivity contribution in [3.63, 3.8) is 0 Å². The highest BCUT2D eigenvalue weighted by molar-refractivity contribution is 5.21. The van der Waals surface area contributed by atoms with Crippen LogP contribution in [0.5, 0.6) is 0 Å². The quantitative estimate of drug-likeness (QED) is 0.818. The minimum atomic E-state index is 0.691. The maximum absolute atomic E-state index is 3.46. The number of aryl methyl sites for hydroxylation is 1. The van der Waals surface area contributed by atoms with E-state index in [9.17, 15) is 0 Å². The summed E-state index contributed by atoms with van der Waals surface area (Å²) in [4.78, 5) is 2.57. The second-order valence-electron chi connectivity index (χ2n) is 4.84. The third-order valence-corrected chi connectivity index (χ3v) is 3.44. The summed E-state index contributed by atoms with van der Waals surface area (Å²) in [6, 6.07) is 9.60. The highest BCUT2D eigenvalue weighted by Crippen LogP contribution is 2.12. The number of nitrogens with one attached hydrogen (secondary N) is 1. The molecule has 0 aromatic heterocycles. The van der Waals surface area contributed by atoms with Gasteiger partial charge in [-0.2, -0.15) is 0 Å². The van der Waals surface area contributed by atoms with Crippen LogP contribution in [0.2, 0.25) is 0 Å². The molecule has 1 atom stereocenters. The van der Waals surface area contributed by atoms with Gasteiger partial charge >= 0.3 is 0 Å². The minimum absolute atomic E-state index is 0.691. The Kier molecular flexibility index (Phi) is 3.97. The monoisotopic (exact) mass is 218 g/mol. The van der Waals surface area contributed by atoms with Gasteiger partial charge in [0.2, 0.25) is 0 Å². The topological polar surface area (TPSA) is 15.3 Å². The van der Waals surface area contributed by atoms with Crippen molar-refractivity contribution in [3.05, 3.63) is 35.4 Å². The van der Waals surface area contributed by atoms with E-state index >= 15 is 0 Å². The van der Waals surface area contributed by atoms with E-state index in [4.69, 9.17) is 0 Å². The maximum Gasteiger partial charge on any atom is 0.0237 e. The fraction of sp³-hybridized carbons (Fsp3) is 0.571. The Morgan fingerprint density at radius 2 is 2.00 bits per heavy atom. The van der Waals surface area contributed by atoms with Gasteiger partial charge in [-0.25, -0.2) is 0 Å². The van der Waals surface area contributed by atoms with Crippen molar-refractivity contribution in [2.75, 3.05) is 19.6 Å². The normalized spacial score (nSPS) is 23.0. The van der Waals surface area contributed by atoms with Crippen LogP contribution in [0.4, 0.5) is 0 Å². The zero-order chi connectivity index (χ0) is 11.4. The minimum Gasteiger partial charge on any atom is -0.315 e. The summed E-state index contributed by atoms with van der Waals surface area (Å²) in [5, 5.41) is 3.46. The zero-order valence-electron chi connectivity index (χ0n) is 10.4. The predicted molar refractivity (Wildman–Crippen MR) is 68.5 cm³/mol. The summed E-state index contributed by atoms with van der Waals surface area (Å²) in [7, 11) is 0. The molecule has 1 aliphatic rings. The van der Waals surface area contributed by atoms with Crippen LogP contribution >= 0.6 is 0 Å². The average molecular weight is 218 g/mol. The van der Waals surface area contributed by atoms with Crippen LogP contribution in [-0.4, -0.2) is 30.6 Å². The molecule has 0 amide bonds. The van der Waals surface area contributed by atoms with Gasteiger partial charge in [-0.05, 0) is 32.4 Å². The molecule has 0 aliphatic carbocycles. The number of hydrogen-bond donors (Lipinski definition) is 1. The summed E-state index contributed by atoms with van der Waals surface area (Å²) in [6.07, 6.45) is 1.26. The largest absolute Gasteiger partial charge is 0.315 e. The molecule has 0 radical (unpaired) electrons. The zero-order valence-corrected chi connectivity index (χ0v) is 10.4. The molecule has 0 saturated carbocycles. The molecule has 1 aliphatic heterocycles. The van der Waals surface area contributed by atoms with Gasteiger partial charge in [0.15, 0.2) is 0 Å². The van der Waals surface area contributed by atoms with Crippen LogP contribution < -0.4 is 5.32 Å². The highest BCUT2D eigenvalue weighted by atomic mass is 15.2. The SMILES string of the molecule is Cc1ccc(CN2CCNCCC2C)cc1. The van der Waals surface area contributed by atoms with Gasteiger partial charge in [0.1, 0.15) is 0 Å². The lowest BCUT2D eigenvalue weighted by Gasteiger charge is -2.26. The van der Waals surface area contributed by atoms with E-state index in [2.05, 4.69) is 48.3 Å². The predicted octanol–water partition coefficient (Wildman–Crippen LogP) is 2.18. The second kappa shape index (κ2) is 5.46. The molecule has 1 fully saturated rings. The third-order valence-electron chi connectivity index (χ3n) is 3.44. The highest BCUT2D eigenvalue weighted by Gasteiger charge is 2.16. The molecule has 1 aromatic rings. The van der Waals surface area contributed by atoms with Crippen molar-refractivity contribution in [3.8, 4) is 0 Å². The molecule has 1 saturated heterocycles. The fourth-order valence-corrected chi connectivity index (χ4v) is 2.22. The first kappa shape index (κ1) is 11.6. The van der Waals surface area contributed by atoms with Gasteiger partial charge in [-0.1, -0.05) is 29.8 Å². The van der Waals surface area contributed by atoms with Gasteiger partial charge in [0, 0.05) is 25.7 Å². The molecule has 1 heterocycles. The maximum atomic E-state index is 3.46. The molecule has 0 bridgehead atoms. The Balaban J connectivity index is 1.99. The Labute approximate surface area is 98.7 Å². The van der Waals surface area contributed by atoms with Gasteiger partial charge in [0.25, 0.3) is 0 Å². The van der Waals surface area contributed by atoms with Crippen LogP contribution in [0.25, 0.3) is 0 Å². The fourth-order valence-electron chi connectivity index (χ4n) is 2.22. The molecule has 2 rings (SSSR count). The Morgan fingerprint density at radius 3 is 2.75 bits per heavy atom. The van der Waals surface area contributed by atoms with Crippen molar-refractivity contribution in [2.24, 2.45) is 0 Å². The lowest BCUT2D eigenvalue weighted by atomic mass is 10.1. The van der Waals surface area contributed by atoms with E-state index in [1.165, 1.54) is 17.5 Å². The van der Waals surface area contributed by atoms with Crippen molar-refractivity contribution in [1.29, 1.82) is 0 Å². The summed E-state index contributed by atoms with van der Waals surface area (Å²) in [6.45, 7) is 9.00. The lowest BCUT2D eigenvalue weighted by molar-refractivity contribution is 0.211. The van der Waals surface area contributed by atoms with Gasteiger partial charge in [0.05, 0.1) is 0 Å². The first-order valence-corrected chi connectivity index (χ1v) is 6.26. The molecule has 2 heteroatoms. The van der Waals surface area contributed by atoms with E-state index in [0.717, 1.165) is 26.2 Å². The van der Waals surface area contributed by atoms with Gasteiger partial charge < -0.3 is 5.32 Å². The molecule has 1 aromatic carbocycles. The average Bonchev–Trinajstić information content (AvgIpc) is 2.48. The molecule has 0 spiro atoms. The Bertz CT molecular complexity index is 318. The van der Waals surface area contributed by atoms with Crippen molar-refractivity contribution in [2.45, 2.75) is 32.9 Å². The first-order chi connectivity index (χ1) is 7.75. The third kappa shape index (κ3) is 3.06. The van der Waals surface area contributed by atoms with E-state index < -0.39 is 0 Å². The molecule has 88 valence electrons. The lowest BCUT2D eigenvalue weighted by Crippen LogP contribution is -2.33. The van der Waals surface area contributed by atoms with Gasteiger partial charge in [-0.3, -0.25) is 4.90 Å². The van der Waals surface area contributed by atoms with E-state index in [1.807, 2.05) is 0 Å². The van der Waals surface area contributed by atoms with Crippen LogP contribution in [0.3, 0.4) is 0 Å². The molecular weight excluding hydrogens is 196 g/mol. The second-order valence-corrected chi connectivity index (χ2v) is 4.84. The molecular formula is C14H22N2. The van der Waals surface area contributed by atoms with Crippen molar-refractivity contribution < 1.29 is 0 Å². The summed E-state index contributed by atoms with van der Waals surface area (Å²) in [5.41, 5.74) is 2.77. The summed E-state index contributed by atoms with van der Waals surface area (Å²) >= 11 is 0. The van der Waals surface area contributed by atoms with Gasteiger partial charge in [-0.15, -0.1) is 0 Å². The van der Waals surface area contributed by atoms with E-state index in [1.54, 1.807) is 0 Å². The molecule has 1 N–H and O–H groups in total. The van der Waals surface area contributed by atoms with Crippen LogP contribution in [0, 0.1) is 6.92 Å². The number of hydrogen-bond acceptors (Lipinski definition) is 2. The number of rotatable bonds is 2. The van der Waals surface area contributed by atoms with E-state index in [0.29, 0.717) is 6.04 Å². The van der Waals surface area contributed by atoms with Crippen molar-refractivity contribution >= 4 is 0 Å².